The van der Waals surface area contributed by atoms with Crippen molar-refractivity contribution in [3.05, 3.63) is 64.9 Å². The SMILES string of the molecule is CC(=O)C(C)n1c(CCNC(=O)c2ccc(Cl)cc2)nc2ccccc21. The molecule has 0 aliphatic carbocycles. The van der Waals surface area contributed by atoms with E-state index in [-0.39, 0.29) is 17.7 Å². The Hall–Kier alpha value is -2.66. The third kappa shape index (κ3) is 3.78. The van der Waals surface area contributed by atoms with Gasteiger partial charge in [0.15, 0.2) is 5.78 Å². The molecular weight excluding hydrogens is 350 g/mol. The van der Waals surface area contributed by atoms with Crippen LogP contribution in [0.2, 0.25) is 5.02 Å². The number of nitrogens with one attached hydrogen (secondary N) is 1. The monoisotopic (exact) mass is 369 g/mol. The molecule has 1 atom stereocenters. The van der Waals surface area contributed by atoms with E-state index < -0.39 is 0 Å². The highest BCUT2D eigenvalue weighted by molar-refractivity contribution is 6.30. The summed E-state index contributed by atoms with van der Waals surface area (Å²) in [6.45, 7) is 3.87. The van der Waals surface area contributed by atoms with Crippen molar-refractivity contribution in [2.75, 3.05) is 6.54 Å². The quantitative estimate of drug-likeness (QED) is 0.718. The summed E-state index contributed by atoms with van der Waals surface area (Å²) in [5.41, 5.74) is 2.33. The first-order valence-electron chi connectivity index (χ1n) is 8.47. The number of hydrogen-bond acceptors (Lipinski definition) is 3. The van der Waals surface area contributed by atoms with Crippen molar-refractivity contribution in [1.82, 2.24) is 14.9 Å². The van der Waals surface area contributed by atoms with Crippen LogP contribution < -0.4 is 5.32 Å². The number of Topliss-reactive ketones (excluding diaryl/α,β-unsaturated/α-hetero) is 1. The van der Waals surface area contributed by atoms with Crippen molar-refractivity contribution >= 4 is 34.3 Å². The summed E-state index contributed by atoms with van der Waals surface area (Å²) < 4.78 is 1.95. The smallest absolute Gasteiger partial charge is 0.251 e. The molecule has 3 rings (SSSR count). The maximum Gasteiger partial charge on any atom is 0.251 e. The number of carbonyl (C=O) groups is 2. The highest BCUT2D eigenvalue weighted by Crippen LogP contribution is 2.22. The van der Waals surface area contributed by atoms with Crippen LogP contribution in [-0.2, 0) is 11.2 Å². The molecule has 2 aromatic carbocycles. The van der Waals surface area contributed by atoms with Crippen molar-refractivity contribution in [1.29, 1.82) is 0 Å². The maximum atomic E-state index is 12.2. The molecule has 0 aliphatic rings. The molecule has 0 aliphatic heterocycles. The van der Waals surface area contributed by atoms with Gasteiger partial charge in [0.05, 0.1) is 17.1 Å². The van der Waals surface area contributed by atoms with Crippen LogP contribution in [0.1, 0.15) is 36.1 Å². The van der Waals surface area contributed by atoms with Crippen LogP contribution >= 0.6 is 11.6 Å². The van der Waals surface area contributed by atoms with Crippen molar-refractivity contribution in [3.8, 4) is 0 Å². The van der Waals surface area contributed by atoms with E-state index in [1.165, 1.54) is 0 Å². The lowest BCUT2D eigenvalue weighted by Crippen LogP contribution is -2.27. The molecule has 26 heavy (non-hydrogen) atoms. The number of fused-ring (bicyclic) bond motifs is 1. The molecule has 6 heteroatoms. The number of para-hydroxylation sites is 2. The van der Waals surface area contributed by atoms with Gasteiger partial charge >= 0.3 is 0 Å². The first-order chi connectivity index (χ1) is 12.5. The number of rotatable bonds is 6. The van der Waals surface area contributed by atoms with Gasteiger partial charge in [-0.05, 0) is 50.2 Å². The number of halogens is 1. The molecule has 1 N–H and O–H groups in total. The van der Waals surface area contributed by atoms with E-state index in [1.54, 1.807) is 31.2 Å². The normalized spacial score (nSPS) is 12.1. The third-order valence-electron chi connectivity index (χ3n) is 4.39. The lowest BCUT2D eigenvalue weighted by Gasteiger charge is -2.15. The Morgan fingerprint density at radius 3 is 2.54 bits per heavy atom. The number of amides is 1. The van der Waals surface area contributed by atoms with Crippen molar-refractivity contribution in [2.24, 2.45) is 0 Å². The average molecular weight is 370 g/mol. The lowest BCUT2D eigenvalue weighted by molar-refractivity contribution is -0.119. The number of carbonyl (C=O) groups excluding carboxylic acids is 2. The molecule has 1 heterocycles. The van der Waals surface area contributed by atoms with Gasteiger partial charge in [-0.25, -0.2) is 4.98 Å². The van der Waals surface area contributed by atoms with Gasteiger partial charge < -0.3 is 9.88 Å². The second kappa shape index (κ2) is 7.70. The number of hydrogen-bond donors (Lipinski definition) is 1. The summed E-state index contributed by atoms with van der Waals surface area (Å²) in [5.74, 6) is 0.689. The maximum absolute atomic E-state index is 12.2. The summed E-state index contributed by atoms with van der Waals surface area (Å²) in [6, 6.07) is 14.2. The summed E-state index contributed by atoms with van der Waals surface area (Å²) in [7, 11) is 0. The van der Waals surface area contributed by atoms with Gasteiger partial charge in [-0.1, -0.05) is 23.7 Å². The number of nitrogens with zero attached hydrogens (tertiary/aromatic N) is 2. The van der Waals surface area contributed by atoms with Crippen LogP contribution in [0.5, 0.6) is 0 Å². The molecule has 1 amide bonds. The average Bonchev–Trinajstić information content (AvgIpc) is 2.99. The van der Waals surface area contributed by atoms with Gasteiger partial charge in [0.25, 0.3) is 5.91 Å². The van der Waals surface area contributed by atoms with E-state index in [2.05, 4.69) is 10.3 Å². The van der Waals surface area contributed by atoms with E-state index in [0.29, 0.717) is 23.6 Å². The second-order valence-corrected chi connectivity index (χ2v) is 6.62. The molecule has 0 saturated heterocycles. The van der Waals surface area contributed by atoms with Gasteiger partial charge in [0.1, 0.15) is 5.82 Å². The summed E-state index contributed by atoms with van der Waals surface area (Å²) in [4.78, 5) is 28.8. The van der Waals surface area contributed by atoms with Crippen LogP contribution in [0.4, 0.5) is 0 Å². The molecule has 134 valence electrons. The minimum Gasteiger partial charge on any atom is -0.352 e. The fourth-order valence-electron chi connectivity index (χ4n) is 2.88. The fraction of sp³-hybridized carbons (Fsp3) is 0.250. The second-order valence-electron chi connectivity index (χ2n) is 6.19. The van der Waals surface area contributed by atoms with E-state index in [4.69, 9.17) is 11.6 Å². The molecular formula is C20H20ClN3O2. The Bertz CT molecular complexity index is 947. The van der Waals surface area contributed by atoms with E-state index >= 15 is 0 Å². The topological polar surface area (TPSA) is 64.0 Å². The fourth-order valence-corrected chi connectivity index (χ4v) is 3.00. The number of imidazole rings is 1. The van der Waals surface area contributed by atoms with Crippen LogP contribution in [0.15, 0.2) is 48.5 Å². The minimum absolute atomic E-state index is 0.0691. The Balaban J connectivity index is 1.76. The standard InChI is InChI=1S/C20H20ClN3O2/c1-13(14(2)25)24-18-6-4-3-5-17(18)23-19(24)11-12-22-20(26)15-7-9-16(21)10-8-15/h3-10,13H,11-12H2,1-2H3,(H,22,26). The Morgan fingerprint density at radius 2 is 1.85 bits per heavy atom. The highest BCUT2D eigenvalue weighted by Gasteiger charge is 2.18. The Labute approximate surface area is 157 Å². The van der Waals surface area contributed by atoms with Crippen LogP contribution in [0.25, 0.3) is 11.0 Å². The molecule has 3 aromatic rings. The molecule has 0 saturated carbocycles. The lowest BCUT2D eigenvalue weighted by atomic mass is 10.2. The minimum atomic E-state index is -0.302. The number of ketones is 1. The third-order valence-corrected chi connectivity index (χ3v) is 4.64. The molecule has 0 bridgehead atoms. The zero-order valence-electron chi connectivity index (χ0n) is 14.7. The van der Waals surface area contributed by atoms with Crippen LogP contribution in [0, 0.1) is 0 Å². The predicted octanol–water partition coefficient (Wildman–Crippen LogP) is 3.81. The summed E-state index contributed by atoms with van der Waals surface area (Å²) >= 11 is 5.84. The van der Waals surface area contributed by atoms with Crippen LogP contribution in [-0.4, -0.2) is 27.8 Å². The Kier molecular flexibility index (Phi) is 5.38. The van der Waals surface area contributed by atoms with Crippen molar-refractivity contribution in [3.63, 3.8) is 0 Å². The van der Waals surface area contributed by atoms with E-state index in [1.807, 2.05) is 35.8 Å². The Morgan fingerprint density at radius 1 is 1.15 bits per heavy atom. The van der Waals surface area contributed by atoms with Gasteiger partial charge in [0.2, 0.25) is 0 Å². The van der Waals surface area contributed by atoms with Crippen molar-refractivity contribution in [2.45, 2.75) is 26.3 Å². The summed E-state index contributed by atoms with van der Waals surface area (Å²) in [5, 5.41) is 3.48. The van der Waals surface area contributed by atoms with E-state index in [9.17, 15) is 9.59 Å². The van der Waals surface area contributed by atoms with E-state index in [0.717, 1.165) is 16.9 Å². The molecule has 1 aromatic heterocycles. The van der Waals surface area contributed by atoms with Gasteiger partial charge in [-0.2, -0.15) is 0 Å². The first-order valence-corrected chi connectivity index (χ1v) is 8.85. The number of benzene rings is 2. The van der Waals surface area contributed by atoms with Gasteiger partial charge in [-0.15, -0.1) is 0 Å². The molecule has 0 spiro atoms. The molecule has 1 unspecified atom stereocenters. The number of aromatic nitrogens is 2. The highest BCUT2D eigenvalue weighted by atomic mass is 35.5. The zero-order valence-corrected chi connectivity index (χ0v) is 15.5. The first kappa shape index (κ1) is 18.1. The predicted molar refractivity (Wildman–Crippen MR) is 103 cm³/mol. The molecule has 5 nitrogen and oxygen atoms in total. The van der Waals surface area contributed by atoms with Crippen LogP contribution in [0.3, 0.4) is 0 Å². The van der Waals surface area contributed by atoms with Crippen molar-refractivity contribution < 1.29 is 9.59 Å². The summed E-state index contributed by atoms with van der Waals surface area (Å²) in [6.07, 6.45) is 0.533. The van der Waals surface area contributed by atoms with Gasteiger partial charge in [0, 0.05) is 23.6 Å². The van der Waals surface area contributed by atoms with Gasteiger partial charge in [-0.3, -0.25) is 9.59 Å². The molecule has 0 fully saturated rings. The largest absolute Gasteiger partial charge is 0.352 e. The molecule has 0 radical (unpaired) electrons. The zero-order chi connectivity index (χ0) is 18.7.